The van der Waals surface area contributed by atoms with Crippen molar-refractivity contribution in [3.05, 3.63) is 75.8 Å². The molecule has 3 nitrogen and oxygen atoms in total. The molecule has 0 aromatic heterocycles. The van der Waals surface area contributed by atoms with Gasteiger partial charge in [-0.15, -0.1) is 0 Å². The van der Waals surface area contributed by atoms with Crippen LogP contribution in [-0.2, 0) is 10.2 Å². The summed E-state index contributed by atoms with van der Waals surface area (Å²) in [4.78, 5) is 14.7. The molecule has 1 unspecified atom stereocenters. The molecule has 2 aromatic rings. The first-order valence-corrected chi connectivity index (χ1v) is 10.4. The monoisotopic (exact) mass is 394 g/mol. The van der Waals surface area contributed by atoms with E-state index in [2.05, 4.69) is 24.4 Å². The lowest BCUT2D eigenvalue weighted by molar-refractivity contribution is -0.127. The van der Waals surface area contributed by atoms with Crippen molar-refractivity contribution in [1.82, 2.24) is 10.2 Å². The van der Waals surface area contributed by atoms with E-state index in [9.17, 15) is 4.79 Å². The average molecular weight is 395 g/mol. The highest BCUT2D eigenvalue weighted by Crippen LogP contribution is 2.53. The van der Waals surface area contributed by atoms with Crippen LogP contribution in [0.25, 0.3) is 6.08 Å². The lowest BCUT2D eigenvalue weighted by atomic mass is 9.73. The Balaban J connectivity index is 1.48. The number of likely N-dealkylation sites (tertiary alicyclic amines) is 1. The molecule has 1 atom stereocenters. The summed E-state index contributed by atoms with van der Waals surface area (Å²) >= 11 is 6.63. The summed E-state index contributed by atoms with van der Waals surface area (Å²) in [6.07, 6.45) is 6.63. The van der Waals surface area contributed by atoms with Crippen molar-refractivity contribution in [2.75, 3.05) is 20.1 Å². The van der Waals surface area contributed by atoms with Crippen LogP contribution in [-0.4, -0.2) is 30.9 Å². The topological polar surface area (TPSA) is 32.3 Å². The maximum atomic E-state index is 12.7. The lowest BCUT2D eigenvalue weighted by Gasteiger charge is -2.40. The van der Waals surface area contributed by atoms with E-state index in [0.29, 0.717) is 6.04 Å². The summed E-state index contributed by atoms with van der Waals surface area (Å²) < 4.78 is 0. The summed E-state index contributed by atoms with van der Waals surface area (Å²) in [6, 6.07) is 14.7. The summed E-state index contributed by atoms with van der Waals surface area (Å²) in [7, 11) is 2.02. The van der Waals surface area contributed by atoms with Crippen LogP contribution in [0.15, 0.2) is 48.5 Å². The molecule has 1 amide bonds. The minimum absolute atomic E-state index is 0.0812. The van der Waals surface area contributed by atoms with Crippen LogP contribution in [0.1, 0.15) is 47.6 Å². The number of halogens is 1. The molecule has 1 saturated heterocycles. The van der Waals surface area contributed by atoms with Crippen molar-refractivity contribution in [2.24, 2.45) is 0 Å². The second kappa shape index (κ2) is 7.73. The number of hydrogen-bond acceptors (Lipinski definition) is 2. The third kappa shape index (κ3) is 3.38. The Morgan fingerprint density at radius 2 is 1.93 bits per heavy atom. The van der Waals surface area contributed by atoms with E-state index in [0.717, 1.165) is 42.9 Å². The molecular formula is C24H27ClN2O. The van der Waals surface area contributed by atoms with Gasteiger partial charge in [-0.25, -0.2) is 0 Å². The molecule has 1 aliphatic carbocycles. The smallest absolute Gasteiger partial charge is 0.246 e. The number of nitrogens with one attached hydrogen (secondary N) is 1. The normalized spacial score (nSPS) is 20.7. The van der Waals surface area contributed by atoms with E-state index in [4.69, 9.17) is 11.6 Å². The van der Waals surface area contributed by atoms with E-state index < -0.39 is 0 Å². The van der Waals surface area contributed by atoms with Gasteiger partial charge in [0.15, 0.2) is 0 Å². The van der Waals surface area contributed by atoms with Gasteiger partial charge < -0.3 is 10.2 Å². The molecule has 0 bridgehead atoms. The highest BCUT2D eigenvalue weighted by Gasteiger charge is 2.46. The maximum Gasteiger partial charge on any atom is 0.246 e. The van der Waals surface area contributed by atoms with E-state index in [1.807, 2.05) is 48.4 Å². The van der Waals surface area contributed by atoms with E-state index in [1.165, 1.54) is 16.7 Å². The molecule has 1 fully saturated rings. The van der Waals surface area contributed by atoms with Crippen LogP contribution in [0.4, 0.5) is 0 Å². The third-order valence-electron chi connectivity index (χ3n) is 6.52. The molecule has 1 aliphatic heterocycles. The number of aryl methyl sites for hydroxylation is 1. The van der Waals surface area contributed by atoms with Gasteiger partial charge in [0.05, 0.1) is 0 Å². The Kier molecular flexibility index (Phi) is 5.31. The molecule has 1 spiro atoms. The van der Waals surface area contributed by atoms with Gasteiger partial charge in [-0.2, -0.15) is 0 Å². The van der Waals surface area contributed by atoms with Crippen molar-refractivity contribution >= 4 is 23.6 Å². The maximum absolute atomic E-state index is 12.7. The zero-order valence-corrected chi connectivity index (χ0v) is 17.3. The number of piperidine rings is 1. The van der Waals surface area contributed by atoms with Crippen LogP contribution < -0.4 is 5.32 Å². The van der Waals surface area contributed by atoms with Crippen LogP contribution in [0, 0.1) is 6.92 Å². The highest BCUT2D eigenvalue weighted by atomic mass is 35.5. The number of benzene rings is 2. The molecule has 1 N–H and O–H groups in total. The molecule has 28 heavy (non-hydrogen) atoms. The van der Waals surface area contributed by atoms with E-state index in [1.54, 1.807) is 6.08 Å². The Hall–Kier alpha value is -2.10. The molecular weight excluding hydrogens is 368 g/mol. The first-order chi connectivity index (χ1) is 13.5. The van der Waals surface area contributed by atoms with E-state index in [-0.39, 0.29) is 11.3 Å². The van der Waals surface area contributed by atoms with Crippen molar-refractivity contribution in [2.45, 2.75) is 37.6 Å². The van der Waals surface area contributed by atoms with Crippen molar-refractivity contribution in [3.63, 3.8) is 0 Å². The Morgan fingerprint density at radius 3 is 2.64 bits per heavy atom. The predicted molar refractivity (Wildman–Crippen MR) is 116 cm³/mol. The molecule has 2 aromatic carbocycles. The molecule has 1 heterocycles. The van der Waals surface area contributed by atoms with Gasteiger partial charge in [-0.05, 0) is 67.6 Å². The van der Waals surface area contributed by atoms with Crippen molar-refractivity contribution < 1.29 is 4.79 Å². The van der Waals surface area contributed by atoms with E-state index >= 15 is 0 Å². The van der Waals surface area contributed by atoms with Gasteiger partial charge in [0.25, 0.3) is 0 Å². The van der Waals surface area contributed by atoms with Crippen LogP contribution in [0.2, 0.25) is 5.02 Å². The predicted octanol–water partition coefficient (Wildman–Crippen LogP) is 4.89. The standard InChI is InChI=1S/C24H27ClN2O/c1-17-6-3-4-7-18(17)10-11-22(28)27-14-12-24(13-15-27)16-21(26-2)19-8-5-9-20(25)23(19)24/h3-11,21,26H,12-16H2,1-2H3/b11-10+. The molecule has 146 valence electrons. The zero-order valence-electron chi connectivity index (χ0n) is 16.5. The number of nitrogens with zero attached hydrogens (tertiary/aromatic N) is 1. The average Bonchev–Trinajstić information content (AvgIpc) is 3.02. The molecule has 0 radical (unpaired) electrons. The lowest BCUT2D eigenvalue weighted by Crippen LogP contribution is -2.44. The van der Waals surface area contributed by atoms with Gasteiger partial charge in [-0.1, -0.05) is 48.0 Å². The van der Waals surface area contributed by atoms with Crippen molar-refractivity contribution in [1.29, 1.82) is 0 Å². The van der Waals surface area contributed by atoms with Gasteiger partial charge >= 0.3 is 0 Å². The fourth-order valence-corrected chi connectivity index (χ4v) is 5.28. The fraction of sp³-hybridized carbons (Fsp3) is 0.375. The van der Waals surface area contributed by atoms with Crippen LogP contribution in [0.3, 0.4) is 0 Å². The number of amides is 1. The first-order valence-electron chi connectivity index (χ1n) is 10.0. The van der Waals surface area contributed by atoms with Crippen molar-refractivity contribution in [3.8, 4) is 0 Å². The summed E-state index contributed by atoms with van der Waals surface area (Å²) in [6.45, 7) is 3.62. The highest BCUT2D eigenvalue weighted by molar-refractivity contribution is 6.31. The quantitative estimate of drug-likeness (QED) is 0.752. The fourth-order valence-electron chi connectivity index (χ4n) is 4.90. The Morgan fingerprint density at radius 1 is 1.18 bits per heavy atom. The first kappa shape index (κ1) is 19.2. The van der Waals surface area contributed by atoms with Crippen LogP contribution >= 0.6 is 11.6 Å². The molecule has 2 aliphatic rings. The summed E-state index contributed by atoms with van der Waals surface area (Å²) in [5.74, 6) is 0.0978. The number of rotatable bonds is 3. The number of hydrogen-bond donors (Lipinski definition) is 1. The molecule has 4 rings (SSSR count). The number of fused-ring (bicyclic) bond motifs is 2. The minimum Gasteiger partial charge on any atom is -0.339 e. The molecule has 4 heteroatoms. The van der Waals surface area contributed by atoms with Gasteiger partial charge in [0, 0.05) is 35.6 Å². The summed E-state index contributed by atoms with van der Waals surface area (Å²) in [5.41, 5.74) is 4.99. The summed E-state index contributed by atoms with van der Waals surface area (Å²) in [5, 5.41) is 4.32. The second-order valence-electron chi connectivity index (χ2n) is 8.04. The van der Waals surface area contributed by atoms with Gasteiger partial charge in [-0.3, -0.25) is 4.79 Å². The minimum atomic E-state index is 0.0812. The van der Waals surface area contributed by atoms with Gasteiger partial charge in [0.1, 0.15) is 0 Å². The largest absolute Gasteiger partial charge is 0.339 e. The second-order valence-corrected chi connectivity index (χ2v) is 8.45. The third-order valence-corrected chi connectivity index (χ3v) is 6.84. The zero-order chi connectivity index (χ0) is 19.7. The van der Waals surface area contributed by atoms with Crippen LogP contribution in [0.5, 0.6) is 0 Å². The SMILES string of the molecule is CNC1CC2(CCN(C(=O)/C=C/c3ccccc3C)CC2)c2c(Cl)cccc21. The Bertz CT molecular complexity index is 913. The number of carbonyl (C=O) groups is 1. The van der Waals surface area contributed by atoms with Gasteiger partial charge in [0.2, 0.25) is 5.91 Å². The number of carbonyl (C=O) groups excluding carboxylic acids is 1. The Labute approximate surface area is 172 Å². The molecule has 0 saturated carbocycles.